The van der Waals surface area contributed by atoms with Crippen LogP contribution in [0.1, 0.15) is 0 Å². The summed E-state index contributed by atoms with van der Waals surface area (Å²) in [7, 11) is 0. The van der Waals surface area contributed by atoms with E-state index >= 15 is 0 Å². The third kappa shape index (κ3) is 2.91. The molecule has 13 heavy (non-hydrogen) atoms. The number of carboxylic acids is 1. The van der Waals surface area contributed by atoms with Crippen molar-refractivity contribution in [2.45, 2.75) is 5.56 Å². The van der Waals surface area contributed by atoms with Crippen LogP contribution < -0.4 is 4.74 Å². The molecule has 0 radical (unpaired) electrons. The van der Waals surface area contributed by atoms with E-state index in [9.17, 15) is 9.18 Å². The van der Waals surface area contributed by atoms with E-state index in [2.05, 4.69) is 0 Å². The SMILES string of the molecule is O=C(O)C(Cl)Oc1ccc(F)cc1. The minimum Gasteiger partial charge on any atom is -0.478 e. The van der Waals surface area contributed by atoms with E-state index in [1.807, 2.05) is 0 Å². The Morgan fingerprint density at radius 3 is 2.46 bits per heavy atom. The van der Waals surface area contributed by atoms with Gasteiger partial charge >= 0.3 is 5.97 Å². The molecule has 0 heterocycles. The van der Waals surface area contributed by atoms with Gasteiger partial charge in [0.05, 0.1) is 0 Å². The van der Waals surface area contributed by atoms with Crippen molar-refractivity contribution in [3.63, 3.8) is 0 Å². The van der Waals surface area contributed by atoms with Crippen molar-refractivity contribution >= 4 is 17.6 Å². The zero-order chi connectivity index (χ0) is 9.84. The second-order valence-electron chi connectivity index (χ2n) is 2.23. The lowest BCUT2D eigenvalue weighted by Gasteiger charge is -2.07. The van der Waals surface area contributed by atoms with Crippen LogP contribution in [-0.4, -0.2) is 16.6 Å². The summed E-state index contributed by atoms with van der Waals surface area (Å²) in [6.07, 6.45) is 0. The molecule has 3 nitrogen and oxygen atoms in total. The highest BCUT2D eigenvalue weighted by atomic mass is 35.5. The van der Waals surface area contributed by atoms with Gasteiger partial charge in [-0.2, -0.15) is 0 Å². The molecule has 5 heteroatoms. The molecule has 1 aromatic rings. The van der Waals surface area contributed by atoms with Gasteiger partial charge in [-0.25, -0.2) is 9.18 Å². The third-order valence-corrected chi connectivity index (χ3v) is 1.52. The summed E-state index contributed by atoms with van der Waals surface area (Å²) in [6.45, 7) is 0. The van der Waals surface area contributed by atoms with E-state index in [1.165, 1.54) is 12.1 Å². The van der Waals surface area contributed by atoms with Gasteiger partial charge in [-0.1, -0.05) is 11.6 Å². The van der Waals surface area contributed by atoms with Gasteiger partial charge in [0.1, 0.15) is 11.6 Å². The van der Waals surface area contributed by atoms with Gasteiger partial charge in [0.2, 0.25) is 0 Å². The van der Waals surface area contributed by atoms with Crippen molar-refractivity contribution < 1.29 is 19.0 Å². The smallest absolute Gasteiger partial charge is 0.360 e. The largest absolute Gasteiger partial charge is 0.478 e. The lowest BCUT2D eigenvalue weighted by Crippen LogP contribution is -2.20. The first-order valence-electron chi connectivity index (χ1n) is 3.38. The van der Waals surface area contributed by atoms with Crippen molar-refractivity contribution in [1.29, 1.82) is 0 Å². The molecule has 0 fully saturated rings. The Morgan fingerprint density at radius 2 is 2.00 bits per heavy atom. The van der Waals surface area contributed by atoms with Crippen LogP contribution in [0.4, 0.5) is 4.39 Å². The molecule has 1 rings (SSSR count). The molecule has 0 amide bonds. The minimum absolute atomic E-state index is 0.212. The second-order valence-corrected chi connectivity index (χ2v) is 2.62. The predicted octanol–water partition coefficient (Wildman–Crippen LogP) is 1.85. The lowest BCUT2D eigenvalue weighted by molar-refractivity contribution is -0.141. The van der Waals surface area contributed by atoms with Crippen molar-refractivity contribution in [2.24, 2.45) is 0 Å². The Bertz CT molecular complexity index is 299. The van der Waals surface area contributed by atoms with Gasteiger partial charge in [0.15, 0.2) is 0 Å². The van der Waals surface area contributed by atoms with E-state index < -0.39 is 17.3 Å². The van der Waals surface area contributed by atoms with E-state index in [4.69, 9.17) is 21.4 Å². The lowest BCUT2D eigenvalue weighted by atomic mass is 10.3. The van der Waals surface area contributed by atoms with Crippen LogP contribution in [0, 0.1) is 5.82 Å². The maximum absolute atomic E-state index is 12.4. The van der Waals surface area contributed by atoms with Gasteiger partial charge in [-0.3, -0.25) is 0 Å². The first-order chi connectivity index (χ1) is 6.09. The number of benzene rings is 1. The molecule has 0 saturated carbocycles. The fourth-order valence-electron chi connectivity index (χ4n) is 0.683. The van der Waals surface area contributed by atoms with Crippen molar-refractivity contribution in [3.05, 3.63) is 30.1 Å². The standard InChI is InChI=1S/C8H6ClFO3/c9-7(8(11)12)13-6-3-1-5(10)2-4-6/h1-4,7H,(H,11,12). The van der Waals surface area contributed by atoms with Gasteiger partial charge in [0, 0.05) is 0 Å². The normalized spacial score (nSPS) is 12.2. The van der Waals surface area contributed by atoms with Crippen LogP contribution in [-0.2, 0) is 4.79 Å². The first-order valence-corrected chi connectivity index (χ1v) is 3.82. The Hall–Kier alpha value is -1.29. The summed E-state index contributed by atoms with van der Waals surface area (Å²) in [5.41, 5.74) is -1.45. The summed E-state index contributed by atoms with van der Waals surface area (Å²) in [5, 5.41) is 8.37. The molecule has 1 unspecified atom stereocenters. The van der Waals surface area contributed by atoms with E-state index in [0.29, 0.717) is 0 Å². The van der Waals surface area contributed by atoms with E-state index in [0.717, 1.165) is 12.1 Å². The van der Waals surface area contributed by atoms with Crippen molar-refractivity contribution in [1.82, 2.24) is 0 Å². The first kappa shape index (κ1) is 9.80. The van der Waals surface area contributed by atoms with E-state index in [1.54, 1.807) is 0 Å². The molecule has 0 aliphatic rings. The summed E-state index contributed by atoms with van der Waals surface area (Å²) in [6, 6.07) is 4.91. The molecule has 1 atom stereocenters. The summed E-state index contributed by atoms with van der Waals surface area (Å²) < 4.78 is 17.1. The number of carbonyl (C=O) groups is 1. The Balaban J connectivity index is 2.64. The maximum atomic E-state index is 12.4. The second kappa shape index (κ2) is 4.09. The third-order valence-electron chi connectivity index (χ3n) is 1.25. The quantitative estimate of drug-likeness (QED) is 0.765. The maximum Gasteiger partial charge on any atom is 0.360 e. The highest BCUT2D eigenvalue weighted by Crippen LogP contribution is 2.14. The summed E-state index contributed by atoms with van der Waals surface area (Å²) in [5.74, 6) is -1.50. The molecule has 0 aliphatic carbocycles. The number of alkyl halides is 1. The molecule has 1 N–H and O–H groups in total. The van der Waals surface area contributed by atoms with Gasteiger partial charge < -0.3 is 9.84 Å². The van der Waals surface area contributed by atoms with Crippen LogP contribution in [0.3, 0.4) is 0 Å². The highest BCUT2D eigenvalue weighted by molar-refractivity contribution is 6.28. The Kier molecular flexibility index (Phi) is 3.08. The molecular weight excluding hydrogens is 199 g/mol. The fourth-order valence-corrected chi connectivity index (χ4v) is 0.786. The topological polar surface area (TPSA) is 46.5 Å². The van der Waals surface area contributed by atoms with Crippen LogP contribution in [0.2, 0.25) is 0 Å². The monoisotopic (exact) mass is 204 g/mol. The fraction of sp³-hybridized carbons (Fsp3) is 0.125. The molecule has 0 aliphatic heterocycles. The van der Waals surface area contributed by atoms with Crippen LogP contribution in [0.5, 0.6) is 5.75 Å². The molecule has 0 saturated heterocycles. The number of ether oxygens (including phenoxy) is 1. The van der Waals surface area contributed by atoms with Gasteiger partial charge in [-0.15, -0.1) is 0 Å². The molecule has 70 valence electrons. The molecule has 0 bridgehead atoms. The number of hydrogen-bond donors (Lipinski definition) is 1. The van der Waals surface area contributed by atoms with E-state index in [-0.39, 0.29) is 5.75 Å². The Morgan fingerprint density at radius 1 is 1.46 bits per heavy atom. The van der Waals surface area contributed by atoms with Crippen LogP contribution in [0.25, 0.3) is 0 Å². The summed E-state index contributed by atoms with van der Waals surface area (Å²) in [4.78, 5) is 10.2. The minimum atomic E-state index is -1.45. The number of hydrogen-bond acceptors (Lipinski definition) is 2. The average Bonchev–Trinajstić information content (AvgIpc) is 2.08. The predicted molar refractivity (Wildman–Crippen MR) is 44.3 cm³/mol. The molecule has 1 aromatic carbocycles. The molecule has 0 aromatic heterocycles. The molecule has 0 spiro atoms. The summed E-state index contributed by atoms with van der Waals surface area (Å²) >= 11 is 5.27. The van der Waals surface area contributed by atoms with Gasteiger partial charge in [0.25, 0.3) is 5.56 Å². The van der Waals surface area contributed by atoms with Gasteiger partial charge in [-0.05, 0) is 24.3 Å². The molecular formula is C8H6ClFO3. The zero-order valence-corrected chi connectivity index (χ0v) is 7.16. The van der Waals surface area contributed by atoms with Crippen molar-refractivity contribution in [3.8, 4) is 5.75 Å². The van der Waals surface area contributed by atoms with Crippen molar-refractivity contribution in [2.75, 3.05) is 0 Å². The van der Waals surface area contributed by atoms with Crippen LogP contribution >= 0.6 is 11.6 Å². The highest BCUT2D eigenvalue weighted by Gasteiger charge is 2.14. The number of carboxylic acid groups (broad SMARTS) is 1. The number of halogens is 2. The number of rotatable bonds is 3. The Labute approximate surface area is 78.7 Å². The van der Waals surface area contributed by atoms with Crippen LogP contribution in [0.15, 0.2) is 24.3 Å². The average molecular weight is 205 g/mol. The number of aliphatic carboxylic acids is 1. The zero-order valence-electron chi connectivity index (χ0n) is 6.41.